The third-order valence-electron chi connectivity index (χ3n) is 6.42. The lowest BCUT2D eigenvalue weighted by atomic mass is 10.0. The number of carbonyl (C=O) groups excluding carboxylic acids is 1. The Morgan fingerprint density at radius 2 is 1.67 bits per heavy atom. The molecule has 0 aromatic carbocycles. The van der Waals surface area contributed by atoms with Crippen LogP contribution in [0.1, 0.15) is 57.1 Å². The van der Waals surface area contributed by atoms with Crippen LogP contribution in [0.2, 0.25) is 0 Å². The average molecular weight is 372 g/mol. The first-order chi connectivity index (χ1) is 13.2. The zero-order valence-corrected chi connectivity index (χ0v) is 16.7. The van der Waals surface area contributed by atoms with E-state index in [-0.39, 0.29) is 0 Å². The van der Waals surface area contributed by atoms with Gasteiger partial charge in [-0.3, -0.25) is 4.79 Å². The maximum atomic E-state index is 12.5. The number of carbonyl (C=O) groups is 1. The Morgan fingerprint density at radius 1 is 0.963 bits per heavy atom. The fraction of sp³-hybridized carbons (Fsp3) is 0.762. The van der Waals surface area contributed by atoms with Gasteiger partial charge in [-0.05, 0) is 32.1 Å². The van der Waals surface area contributed by atoms with Crippen LogP contribution in [0, 0.1) is 12.8 Å². The normalized spacial score (nSPS) is 21.3. The second-order valence-electron chi connectivity index (χ2n) is 8.42. The predicted octanol–water partition coefficient (Wildman–Crippen LogP) is 3.00. The molecule has 6 nitrogen and oxygen atoms in total. The quantitative estimate of drug-likeness (QED) is 0.796. The molecule has 3 fully saturated rings. The third kappa shape index (κ3) is 4.53. The van der Waals surface area contributed by atoms with Crippen molar-refractivity contribution in [1.82, 2.24) is 14.9 Å². The van der Waals surface area contributed by atoms with Crippen LogP contribution in [0.5, 0.6) is 0 Å². The molecule has 0 spiro atoms. The van der Waals surface area contributed by atoms with Gasteiger partial charge in [0.05, 0.1) is 0 Å². The molecule has 0 radical (unpaired) electrons. The van der Waals surface area contributed by atoms with Gasteiger partial charge in [0, 0.05) is 57.4 Å². The zero-order chi connectivity index (χ0) is 18.6. The summed E-state index contributed by atoms with van der Waals surface area (Å²) in [6.07, 6.45) is 9.67. The van der Waals surface area contributed by atoms with Crippen LogP contribution < -0.4 is 9.80 Å². The van der Waals surface area contributed by atoms with Gasteiger partial charge in [-0.25, -0.2) is 4.98 Å². The summed E-state index contributed by atoms with van der Waals surface area (Å²) in [6.45, 7) is 7.49. The standard InChI is InChI=1S/C21H33N5O/c1-17-16-19(24-10-4-5-11-24)23-21(22-17)26-14-12-25(13-15-26)20(27)9-8-18-6-2-3-7-18/h16,18H,2-15H2,1H3. The van der Waals surface area contributed by atoms with E-state index < -0.39 is 0 Å². The first-order valence-corrected chi connectivity index (χ1v) is 10.8. The number of aromatic nitrogens is 2. The molecule has 148 valence electrons. The minimum absolute atomic E-state index is 0.337. The number of amides is 1. The van der Waals surface area contributed by atoms with Gasteiger partial charge in [0.15, 0.2) is 0 Å². The molecule has 4 rings (SSSR count). The molecule has 6 heteroatoms. The molecule has 1 aromatic heterocycles. The van der Waals surface area contributed by atoms with Crippen molar-refractivity contribution in [1.29, 1.82) is 0 Å². The number of nitrogens with zero attached hydrogens (tertiary/aromatic N) is 5. The van der Waals surface area contributed by atoms with E-state index in [1.807, 2.05) is 11.8 Å². The fourth-order valence-electron chi connectivity index (χ4n) is 4.73. The smallest absolute Gasteiger partial charge is 0.227 e. The summed E-state index contributed by atoms with van der Waals surface area (Å²) in [5.74, 6) is 3.02. The lowest BCUT2D eigenvalue weighted by molar-refractivity contribution is -0.131. The first-order valence-electron chi connectivity index (χ1n) is 10.8. The van der Waals surface area contributed by atoms with E-state index in [4.69, 9.17) is 4.98 Å². The number of rotatable bonds is 5. The molecular weight excluding hydrogens is 338 g/mol. The monoisotopic (exact) mass is 371 g/mol. The van der Waals surface area contributed by atoms with Crippen LogP contribution in [0.15, 0.2) is 6.07 Å². The highest BCUT2D eigenvalue weighted by molar-refractivity contribution is 5.76. The molecule has 1 saturated carbocycles. The minimum atomic E-state index is 0.337. The molecule has 2 saturated heterocycles. The van der Waals surface area contributed by atoms with Crippen LogP contribution in [0.3, 0.4) is 0 Å². The molecule has 0 N–H and O–H groups in total. The van der Waals surface area contributed by atoms with E-state index in [0.29, 0.717) is 5.91 Å². The van der Waals surface area contributed by atoms with Crippen molar-refractivity contribution in [2.45, 2.75) is 58.3 Å². The summed E-state index contributed by atoms with van der Waals surface area (Å²) >= 11 is 0. The van der Waals surface area contributed by atoms with E-state index in [2.05, 4.69) is 20.9 Å². The Kier molecular flexibility index (Phi) is 5.79. The molecule has 0 bridgehead atoms. The average Bonchev–Trinajstić information content (AvgIpc) is 3.39. The van der Waals surface area contributed by atoms with E-state index in [1.54, 1.807) is 0 Å². The highest BCUT2D eigenvalue weighted by Crippen LogP contribution is 2.29. The second-order valence-corrected chi connectivity index (χ2v) is 8.42. The second kappa shape index (κ2) is 8.44. The molecule has 0 unspecified atom stereocenters. The molecule has 3 aliphatic rings. The number of hydrogen-bond donors (Lipinski definition) is 0. The lowest BCUT2D eigenvalue weighted by Gasteiger charge is -2.35. The Hall–Kier alpha value is -1.85. The SMILES string of the molecule is Cc1cc(N2CCCC2)nc(N2CCN(C(=O)CCC3CCCC3)CC2)n1. The van der Waals surface area contributed by atoms with Crippen LogP contribution in [-0.2, 0) is 4.79 Å². The number of aryl methyl sites for hydroxylation is 1. The van der Waals surface area contributed by atoms with E-state index in [9.17, 15) is 4.79 Å². The molecule has 1 aliphatic carbocycles. The van der Waals surface area contributed by atoms with Gasteiger partial charge in [0.25, 0.3) is 0 Å². The van der Waals surface area contributed by atoms with E-state index in [0.717, 1.165) is 75.5 Å². The van der Waals surface area contributed by atoms with Gasteiger partial charge in [-0.15, -0.1) is 0 Å². The number of hydrogen-bond acceptors (Lipinski definition) is 5. The maximum Gasteiger partial charge on any atom is 0.227 e. The van der Waals surface area contributed by atoms with Crippen LogP contribution in [-0.4, -0.2) is 60.0 Å². The Labute approximate surface area is 162 Å². The van der Waals surface area contributed by atoms with Crippen LogP contribution >= 0.6 is 0 Å². The molecule has 1 aromatic rings. The van der Waals surface area contributed by atoms with Gasteiger partial charge < -0.3 is 14.7 Å². The van der Waals surface area contributed by atoms with Gasteiger partial charge >= 0.3 is 0 Å². The molecular formula is C21H33N5O. The minimum Gasteiger partial charge on any atom is -0.356 e. The van der Waals surface area contributed by atoms with Gasteiger partial charge in [0.1, 0.15) is 5.82 Å². The lowest BCUT2D eigenvalue weighted by Crippen LogP contribution is -2.49. The first kappa shape index (κ1) is 18.5. The maximum absolute atomic E-state index is 12.5. The summed E-state index contributed by atoms with van der Waals surface area (Å²) in [4.78, 5) is 28.7. The highest BCUT2D eigenvalue weighted by atomic mass is 16.2. The molecule has 3 heterocycles. The molecule has 0 atom stereocenters. The zero-order valence-electron chi connectivity index (χ0n) is 16.7. The van der Waals surface area contributed by atoms with E-state index >= 15 is 0 Å². The Bertz CT molecular complexity index is 644. The van der Waals surface area contributed by atoms with Gasteiger partial charge in [-0.2, -0.15) is 4.98 Å². The van der Waals surface area contributed by atoms with Crippen molar-refractivity contribution in [3.63, 3.8) is 0 Å². The van der Waals surface area contributed by atoms with Crippen molar-refractivity contribution < 1.29 is 4.79 Å². The van der Waals surface area contributed by atoms with Gasteiger partial charge in [-0.1, -0.05) is 25.7 Å². The Morgan fingerprint density at radius 3 is 2.37 bits per heavy atom. The van der Waals surface area contributed by atoms with Crippen molar-refractivity contribution in [2.75, 3.05) is 49.1 Å². The van der Waals surface area contributed by atoms with Crippen LogP contribution in [0.4, 0.5) is 11.8 Å². The summed E-state index contributed by atoms with van der Waals surface area (Å²) in [7, 11) is 0. The summed E-state index contributed by atoms with van der Waals surface area (Å²) < 4.78 is 0. The summed E-state index contributed by atoms with van der Waals surface area (Å²) in [5, 5.41) is 0. The largest absolute Gasteiger partial charge is 0.356 e. The number of piperazine rings is 1. The van der Waals surface area contributed by atoms with Gasteiger partial charge in [0.2, 0.25) is 11.9 Å². The predicted molar refractivity (Wildman–Crippen MR) is 108 cm³/mol. The highest BCUT2D eigenvalue weighted by Gasteiger charge is 2.25. The van der Waals surface area contributed by atoms with Crippen molar-refractivity contribution >= 4 is 17.7 Å². The summed E-state index contributed by atoms with van der Waals surface area (Å²) in [5.41, 5.74) is 1.02. The third-order valence-corrected chi connectivity index (χ3v) is 6.42. The number of anilines is 2. The van der Waals surface area contributed by atoms with Crippen LogP contribution in [0.25, 0.3) is 0 Å². The molecule has 2 aliphatic heterocycles. The van der Waals surface area contributed by atoms with E-state index in [1.165, 1.54) is 38.5 Å². The Balaban J connectivity index is 1.31. The summed E-state index contributed by atoms with van der Waals surface area (Å²) in [6, 6.07) is 2.09. The van der Waals surface area contributed by atoms with Crippen molar-refractivity contribution in [2.24, 2.45) is 5.92 Å². The molecule has 1 amide bonds. The fourth-order valence-corrected chi connectivity index (χ4v) is 4.73. The van der Waals surface area contributed by atoms with Crippen molar-refractivity contribution in [3.8, 4) is 0 Å². The topological polar surface area (TPSA) is 52.6 Å². The van der Waals surface area contributed by atoms with Crippen molar-refractivity contribution in [3.05, 3.63) is 11.8 Å². The molecule has 27 heavy (non-hydrogen) atoms.